The minimum Gasteiger partial charge on any atom is -0.481 e. The van der Waals surface area contributed by atoms with Crippen molar-refractivity contribution >= 4 is 11.9 Å². The number of aliphatic carboxylic acids is 1. The molecule has 6 nitrogen and oxygen atoms in total. The Kier molecular flexibility index (Phi) is 4.91. The van der Waals surface area contributed by atoms with Crippen molar-refractivity contribution in [1.29, 1.82) is 0 Å². The SMILES string of the molecule is O=C(O)CCCCNC(=O)c1cncnc1. The van der Waals surface area contributed by atoms with E-state index >= 15 is 0 Å². The molecule has 0 unspecified atom stereocenters. The Morgan fingerprint density at radius 1 is 1.25 bits per heavy atom. The first-order valence-electron chi connectivity index (χ1n) is 4.95. The molecule has 0 saturated heterocycles. The first kappa shape index (κ1) is 12.1. The molecule has 6 heteroatoms. The predicted molar refractivity (Wildman–Crippen MR) is 55.9 cm³/mol. The van der Waals surface area contributed by atoms with Gasteiger partial charge in [0.15, 0.2) is 0 Å². The second-order valence-corrected chi connectivity index (χ2v) is 3.23. The van der Waals surface area contributed by atoms with Gasteiger partial charge in [0, 0.05) is 25.4 Å². The molecular formula is C10H13N3O3. The number of aromatic nitrogens is 2. The molecule has 16 heavy (non-hydrogen) atoms. The van der Waals surface area contributed by atoms with Crippen LogP contribution >= 0.6 is 0 Å². The van der Waals surface area contributed by atoms with Gasteiger partial charge in [0.05, 0.1) is 5.56 Å². The first-order valence-corrected chi connectivity index (χ1v) is 4.95. The summed E-state index contributed by atoms with van der Waals surface area (Å²) in [5.41, 5.74) is 0.403. The molecule has 2 N–H and O–H groups in total. The van der Waals surface area contributed by atoms with E-state index in [0.29, 0.717) is 24.9 Å². The number of carboxylic acids is 1. The molecule has 0 aromatic carbocycles. The van der Waals surface area contributed by atoms with Gasteiger partial charge in [-0.1, -0.05) is 0 Å². The van der Waals surface area contributed by atoms with E-state index in [1.807, 2.05) is 0 Å². The monoisotopic (exact) mass is 223 g/mol. The number of nitrogens with zero attached hydrogens (tertiary/aromatic N) is 2. The third-order valence-corrected chi connectivity index (χ3v) is 1.93. The van der Waals surface area contributed by atoms with Crippen LogP contribution in [0.1, 0.15) is 29.6 Å². The number of carbonyl (C=O) groups excluding carboxylic acids is 1. The highest BCUT2D eigenvalue weighted by Gasteiger charge is 2.04. The van der Waals surface area contributed by atoms with Crippen LogP contribution in [0.4, 0.5) is 0 Å². The molecule has 0 fully saturated rings. The van der Waals surface area contributed by atoms with E-state index in [9.17, 15) is 9.59 Å². The van der Waals surface area contributed by atoms with E-state index in [4.69, 9.17) is 5.11 Å². The van der Waals surface area contributed by atoms with Gasteiger partial charge in [-0.3, -0.25) is 9.59 Å². The van der Waals surface area contributed by atoms with Crippen LogP contribution in [0.25, 0.3) is 0 Å². The molecule has 1 rings (SSSR count). The molecule has 1 amide bonds. The Bertz CT molecular complexity index is 354. The zero-order chi connectivity index (χ0) is 11.8. The minimum atomic E-state index is -0.817. The Balaban J connectivity index is 2.19. The molecule has 0 spiro atoms. The first-order chi connectivity index (χ1) is 7.70. The third-order valence-electron chi connectivity index (χ3n) is 1.93. The summed E-state index contributed by atoms with van der Waals surface area (Å²) < 4.78 is 0. The van der Waals surface area contributed by atoms with E-state index in [0.717, 1.165) is 0 Å². The van der Waals surface area contributed by atoms with Gasteiger partial charge in [-0.05, 0) is 12.8 Å². The number of carboxylic acid groups (broad SMARTS) is 1. The Morgan fingerprint density at radius 2 is 1.94 bits per heavy atom. The Hall–Kier alpha value is -1.98. The molecule has 86 valence electrons. The predicted octanol–water partition coefficient (Wildman–Crippen LogP) is 0.461. The van der Waals surface area contributed by atoms with Crippen LogP contribution in [0.3, 0.4) is 0 Å². The van der Waals surface area contributed by atoms with Crippen molar-refractivity contribution in [2.24, 2.45) is 0 Å². The second kappa shape index (κ2) is 6.49. The van der Waals surface area contributed by atoms with Crippen LogP contribution in [0, 0.1) is 0 Å². The van der Waals surface area contributed by atoms with Crippen molar-refractivity contribution < 1.29 is 14.7 Å². The van der Waals surface area contributed by atoms with Gasteiger partial charge in [0.1, 0.15) is 6.33 Å². The van der Waals surface area contributed by atoms with Gasteiger partial charge in [-0.25, -0.2) is 9.97 Å². The molecule has 0 saturated carbocycles. The molecule has 1 aromatic heterocycles. The van der Waals surface area contributed by atoms with Crippen LogP contribution in [-0.4, -0.2) is 33.5 Å². The zero-order valence-corrected chi connectivity index (χ0v) is 8.72. The summed E-state index contributed by atoms with van der Waals surface area (Å²) in [5.74, 6) is -1.06. The smallest absolute Gasteiger partial charge is 0.303 e. The average Bonchev–Trinajstić information content (AvgIpc) is 2.29. The van der Waals surface area contributed by atoms with Gasteiger partial charge < -0.3 is 10.4 Å². The summed E-state index contributed by atoms with van der Waals surface area (Å²) >= 11 is 0. The Labute approximate surface area is 92.7 Å². The van der Waals surface area contributed by atoms with Gasteiger partial charge in [-0.2, -0.15) is 0 Å². The topological polar surface area (TPSA) is 92.2 Å². The summed E-state index contributed by atoms with van der Waals surface area (Å²) in [7, 11) is 0. The minimum absolute atomic E-state index is 0.129. The standard InChI is InChI=1S/C10H13N3O3/c14-9(15)3-1-2-4-13-10(16)8-5-11-7-12-6-8/h5-7H,1-4H2,(H,13,16)(H,14,15). The van der Waals surface area contributed by atoms with Crippen LogP contribution < -0.4 is 5.32 Å². The number of unbranched alkanes of at least 4 members (excludes halogenated alkanes) is 1. The van der Waals surface area contributed by atoms with Gasteiger partial charge in [0.25, 0.3) is 5.91 Å². The molecule has 0 aliphatic rings. The van der Waals surface area contributed by atoms with Crippen molar-refractivity contribution in [1.82, 2.24) is 15.3 Å². The summed E-state index contributed by atoms with van der Waals surface area (Å²) in [6.07, 6.45) is 5.54. The van der Waals surface area contributed by atoms with Crippen LogP contribution in [0.5, 0.6) is 0 Å². The maximum atomic E-state index is 11.4. The summed E-state index contributed by atoms with van der Waals surface area (Å²) in [5, 5.41) is 11.1. The molecule has 1 heterocycles. The fourth-order valence-corrected chi connectivity index (χ4v) is 1.12. The molecule has 0 radical (unpaired) electrons. The van der Waals surface area contributed by atoms with Gasteiger partial charge in [0.2, 0.25) is 0 Å². The summed E-state index contributed by atoms with van der Waals surface area (Å²) in [6.45, 7) is 0.459. The molecule has 0 aliphatic carbocycles. The second-order valence-electron chi connectivity index (χ2n) is 3.23. The van der Waals surface area contributed by atoms with Gasteiger partial charge >= 0.3 is 5.97 Å². The number of hydrogen-bond acceptors (Lipinski definition) is 4. The van der Waals surface area contributed by atoms with E-state index in [-0.39, 0.29) is 12.3 Å². The Morgan fingerprint density at radius 3 is 2.56 bits per heavy atom. The highest BCUT2D eigenvalue weighted by Crippen LogP contribution is 1.96. The number of carbonyl (C=O) groups is 2. The van der Waals surface area contributed by atoms with E-state index in [2.05, 4.69) is 15.3 Å². The molecule has 1 aromatic rings. The highest BCUT2D eigenvalue weighted by molar-refractivity contribution is 5.93. The maximum Gasteiger partial charge on any atom is 0.303 e. The van der Waals surface area contributed by atoms with Crippen molar-refractivity contribution in [3.05, 3.63) is 24.3 Å². The summed E-state index contributed by atoms with van der Waals surface area (Å²) in [6, 6.07) is 0. The lowest BCUT2D eigenvalue weighted by atomic mass is 10.2. The lowest BCUT2D eigenvalue weighted by Gasteiger charge is -2.03. The van der Waals surface area contributed by atoms with Crippen molar-refractivity contribution in [2.75, 3.05) is 6.54 Å². The molecular weight excluding hydrogens is 210 g/mol. The van der Waals surface area contributed by atoms with Crippen molar-refractivity contribution in [3.63, 3.8) is 0 Å². The van der Waals surface area contributed by atoms with E-state index in [1.165, 1.54) is 18.7 Å². The van der Waals surface area contributed by atoms with Crippen LogP contribution in [0.2, 0.25) is 0 Å². The number of rotatable bonds is 6. The molecule has 0 bridgehead atoms. The van der Waals surface area contributed by atoms with Crippen LogP contribution in [0.15, 0.2) is 18.7 Å². The van der Waals surface area contributed by atoms with E-state index in [1.54, 1.807) is 0 Å². The number of hydrogen-bond donors (Lipinski definition) is 2. The fraction of sp³-hybridized carbons (Fsp3) is 0.400. The quantitative estimate of drug-likeness (QED) is 0.683. The lowest BCUT2D eigenvalue weighted by Crippen LogP contribution is -2.24. The van der Waals surface area contributed by atoms with Crippen LogP contribution in [-0.2, 0) is 4.79 Å². The molecule has 0 atom stereocenters. The largest absolute Gasteiger partial charge is 0.481 e. The number of amides is 1. The lowest BCUT2D eigenvalue weighted by molar-refractivity contribution is -0.137. The zero-order valence-electron chi connectivity index (χ0n) is 8.72. The highest BCUT2D eigenvalue weighted by atomic mass is 16.4. The van der Waals surface area contributed by atoms with Crippen molar-refractivity contribution in [3.8, 4) is 0 Å². The van der Waals surface area contributed by atoms with Crippen molar-refractivity contribution in [2.45, 2.75) is 19.3 Å². The maximum absolute atomic E-state index is 11.4. The fourth-order valence-electron chi connectivity index (χ4n) is 1.12. The van der Waals surface area contributed by atoms with Gasteiger partial charge in [-0.15, -0.1) is 0 Å². The third kappa shape index (κ3) is 4.50. The normalized spacial score (nSPS) is 9.75. The average molecular weight is 223 g/mol. The van der Waals surface area contributed by atoms with E-state index < -0.39 is 5.97 Å². The molecule has 0 aliphatic heterocycles. The summed E-state index contributed by atoms with van der Waals surface area (Å²) in [4.78, 5) is 29.1. The number of nitrogens with one attached hydrogen (secondary N) is 1.